The monoisotopic (exact) mass is 416 g/mol. The molecule has 31 heavy (non-hydrogen) atoms. The normalized spacial score (nSPS) is 16.4. The van der Waals surface area contributed by atoms with Crippen molar-refractivity contribution in [3.63, 3.8) is 0 Å². The van der Waals surface area contributed by atoms with Gasteiger partial charge in [0.1, 0.15) is 0 Å². The highest BCUT2D eigenvalue weighted by Gasteiger charge is 2.27. The van der Waals surface area contributed by atoms with E-state index in [2.05, 4.69) is 25.1 Å². The molecule has 1 unspecified atom stereocenters. The van der Waals surface area contributed by atoms with E-state index in [1.807, 2.05) is 41.5 Å². The molecular weight excluding hydrogens is 388 g/mol. The SMILES string of the molecule is Cc1ccccc1C1CCCN(C(=O)c2ccc(C(=O)O)c(-n3c(C)ccc3C)c2)C1. The maximum atomic E-state index is 13.4. The van der Waals surface area contributed by atoms with E-state index in [-0.39, 0.29) is 11.5 Å². The molecule has 0 aliphatic carbocycles. The van der Waals surface area contributed by atoms with E-state index in [1.165, 1.54) is 11.1 Å². The van der Waals surface area contributed by atoms with Crippen LogP contribution in [0.25, 0.3) is 5.69 Å². The van der Waals surface area contributed by atoms with Crippen molar-refractivity contribution in [2.45, 2.75) is 39.5 Å². The summed E-state index contributed by atoms with van der Waals surface area (Å²) in [5, 5.41) is 9.70. The summed E-state index contributed by atoms with van der Waals surface area (Å²) in [5.74, 6) is -0.719. The maximum Gasteiger partial charge on any atom is 0.337 e. The highest BCUT2D eigenvalue weighted by Crippen LogP contribution is 2.30. The average Bonchev–Trinajstić information content (AvgIpc) is 3.11. The van der Waals surface area contributed by atoms with Crippen molar-refractivity contribution < 1.29 is 14.7 Å². The van der Waals surface area contributed by atoms with E-state index in [0.29, 0.717) is 23.7 Å². The van der Waals surface area contributed by atoms with Crippen molar-refractivity contribution in [2.75, 3.05) is 13.1 Å². The van der Waals surface area contributed by atoms with Gasteiger partial charge in [-0.25, -0.2) is 4.79 Å². The number of amides is 1. The van der Waals surface area contributed by atoms with Crippen molar-refractivity contribution in [3.8, 4) is 5.69 Å². The summed E-state index contributed by atoms with van der Waals surface area (Å²) < 4.78 is 1.90. The Kier molecular flexibility index (Phi) is 5.68. The van der Waals surface area contributed by atoms with Gasteiger partial charge in [-0.3, -0.25) is 4.79 Å². The second kappa shape index (κ2) is 8.42. The van der Waals surface area contributed by atoms with Gasteiger partial charge in [0.2, 0.25) is 0 Å². The van der Waals surface area contributed by atoms with Gasteiger partial charge in [-0.15, -0.1) is 0 Å². The summed E-state index contributed by atoms with van der Waals surface area (Å²) in [7, 11) is 0. The Hall–Kier alpha value is -3.34. The Bertz CT molecular complexity index is 1130. The molecule has 1 atom stereocenters. The van der Waals surface area contributed by atoms with Crippen LogP contribution in [0.5, 0.6) is 0 Å². The Morgan fingerprint density at radius 2 is 1.68 bits per heavy atom. The average molecular weight is 417 g/mol. The lowest BCUT2D eigenvalue weighted by Crippen LogP contribution is -2.39. The molecule has 1 saturated heterocycles. The molecule has 5 nitrogen and oxygen atoms in total. The van der Waals surface area contributed by atoms with E-state index in [0.717, 1.165) is 30.8 Å². The minimum absolute atomic E-state index is 0.0427. The lowest BCUT2D eigenvalue weighted by Gasteiger charge is -2.34. The fraction of sp³-hybridized carbons (Fsp3) is 0.308. The van der Waals surface area contributed by atoms with Crippen LogP contribution >= 0.6 is 0 Å². The number of benzene rings is 2. The number of carbonyl (C=O) groups excluding carboxylic acids is 1. The fourth-order valence-corrected chi connectivity index (χ4v) is 4.72. The number of likely N-dealkylation sites (tertiary alicyclic amines) is 1. The first-order valence-electron chi connectivity index (χ1n) is 10.7. The third-order valence-electron chi connectivity index (χ3n) is 6.32. The van der Waals surface area contributed by atoms with Crippen molar-refractivity contribution in [1.29, 1.82) is 0 Å². The minimum Gasteiger partial charge on any atom is -0.478 e. The molecule has 1 amide bonds. The van der Waals surface area contributed by atoms with Gasteiger partial charge in [-0.2, -0.15) is 0 Å². The number of nitrogens with zero attached hydrogens (tertiary/aromatic N) is 2. The second-order valence-corrected chi connectivity index (χ2v) is 8.44. The number of carboxylic acids is 1. The molecule has 1 N–H and O–H groups in total. The molecule has 5 heteroatoms. The molecule has 0 bridgehead atoms. The van der Waals surface area contributed by atoms with Crippen LogP contribution in [0.15, 0.2) is 54.6 Å². The summed E-state index contributed by atoms with van der Waals surface area (Å²) in [4.78, 5) is 27.2. The standard InChI is InChI=1S/C26H28N2O3/c1-17-7-4-5-9-22(17)21-8-6-14-27(16-21)25(29)20-12-13-23(26(30)31)24(15-20)28-18(2)10-11-19(28)3/h4-5,7,9-13,15,21H,6,8,14,16H2,1-3H3,(H,30,31). The number of aryl methyl sites for hydroxylation is 3. The second-order valence-electron chi connectivity index (χ2n) is 8.44. The van der Waals surface area contributed by atoms with Crippen molar-refractivity contribution >= 4 is 11.9 Å². The van der Waals surface area contributed by atoms with Crippen LogP contribution in [-0.2, 0) is 0 Å². The van der Waals surface area contributed by atoms with Crippen molar-refractivity contribution in [3.05, 3.63) is 88.2 Å². The van der Waals surface area contributed by atoms with Gasteiger partial charge in [-0.05, 0) is 75.1 Å². The van der Waals surface area contributed by atoms with Gasteiger partial charge >= 0.3 is 5.97 Å². The number of aromatic nitrogens is 1. The van der Waals surface area contributed by atoms with Crippen LogP contribution in [-0.4, -0.2) is 39.5 Å². The van der Waals surface area contributed by atoms with E-state index in [9.17, 15) is 14.7 Å². The Balaban J connectivity index is 1.66. The summed E-state index contributed by atoms with van der Waals surface area (Å²) in [5.41, 5.74) is 5.68. The van der Waals surface area contributed by atoms with Gasteiger partial charge in [0.25, 0.3) is 5.91 Å². The zero-order valence-electron chi connectivity index (χ0n) is 18.3. The molecule has 2 heterocycles. The molecule has 1 aliphatic rings. The molecule has 0 spiro atoms. The van der Waals surface area contributed by atoms with E-state index in [1.54, 1.807) is 18.2 Å². The summed E-state index contributed by atoms with van der Waals surface area (Å²) in [6, 6.07) is 17.2. The van der Waals surface area contributed by atoms with Crippen molar-refractivity contribution in [2.24, 2.45) is 0 Å². The lowest BCUT2D eigenvalue weighted by molar-refractivity contribution is 0.0687. The predicted molar refractivity (Wildman–Crippen MR) is 121 cm³/mol. The molecule has 0 radical (unpaired) electrons. The highest BCUT2D eigenvalue weighted by atomic mass is 16.4. The van der Waals surface area contributed by atoms with E-state index >= 15 is 0 Å². The van der Waals surface area contributed by atoms with Crippen molar-refractivity contribution in [1.82, 2.24) is 9.47 Å². The van der Waals surface area contributed by atoms with Gasteiger partial charge in [0.05, 0.1) is 11.3 Å². The third-order valence-corrected chi connectivity index (χ3v) is 6.32. The smallest absolute Gasteiger partial charge is 0.337 e. The molecule has 0 saturated carbocycles. The maximum absolute atomic E-state index is 13.4. The zero-order chi connectivity index (χ0) is 22.1. The molecule has 1 aromatic heterocycles. The van der Waals surface area contributed by atoms with Crippen LogP contribution in [0.2, 0.25) is 0 Å². The minimum atomic E-state index is -1.00. The van der Waals surface area contributed by atoms with Crippen LogP contribution in [0.4, 0.5) is 0 Å². The Labute approximate surface area is 182 Å². The number of carboxylic acid groups (broad SMARTS) is 1. The number of piperidine rings is 1. The Morgan fingerprint density at radius 3 is 2.35 bits per heavy atom. The van der Waals surface area contributed by atoms with Crippen LogP contribution in [0, 0.1) is 20.8 Å². The quantitative estimate of drug-likeness (QED) is 0.642. The van der Waals surface area contributed by atoms with Gasteiger partial charge < -0.3 is 14.6 Å². The van der Waals surface area contributed by atoms with Crippen LogP contribution in [0.1, 0.15) is 62.0 Å². The fourth-order valence-electron chi connectivity index (χ4n) is 4.72. The number of carbonyl (C=O) groups is 2. The molecule has 2 aromatic carbocycles. The van der Waals surface area contributed by atoms with E-state index < -0.39 is 5.97 Å². The van der Waals surface area contributed by atoms with Gasteiger partial charge in [0, 0.05) is 36.0 Å². The first kappa shape index (κ1) is 20.9. The number of aromatic carboxylic acids is 1. The largest absolute Gasteiger partial charge is 0.478 e. The first-order valence-corrected chi connectivity index (χ1v) is 10.7. The summed E-state index contributed by atoms with van der Waals surface area (Å²) in [6.07, 6.45) is 2.03. The predicted octanol–water partition coefficient (Wildman–Crippen LogP) is 5.12. The lowest BCUT2D eigenvalue weighted by atomic mass is 9.87. The zero-order valence-corrected chi connectivity index (χ0v) is 18.3. The summed E-state index contributed by atoms with van der Waals surface area (Å²) >= 11 is 0. The van der Waals surface area contributed by atoms with Crippen LogP contribution < -0.4 is 0 Å². The molecule has 1 fully saturated rings. The van der Waals surface area contributed by atoms with Crippen LogP contribution in [0.3, 0.4) is 0 Å². The summed E-state index contributed by atoms with van der Waals surface area (Å²) in [6.45, 7) is 7.39. The molecule has 1 aliphatic heterocycles. The topological polar surface area (TPSA) is 62.5 Å². The molecule has 3 aromatic rings. The number of rotatable bonds is 4. The number of hydrogen-bond acceptors (Lipinski definition) is 2. The third kappa shape index (κ3) is 4.00. The first-order chi connectivity index (χ1) is 14.9. The molecular formula is C26H28N2O3. The van der Waals surface area contributed by atoms with Gasteiger partial charge in [0.15, 0.2) is 0 Å². The van der Waals surface area contributed by atoms with E-state index in [4.69, 9.17) is 0 Å². The number of hydrogen-bond donors (Lipinski definition) is 1. The van der Waals surface area contributed by atoms with Gasteiger partial charge in [-0.1, -0.05) is 24.3 Å². The highest BCUT2D eigenvalue weighted by molar-refractivity contribution is 5.98. The Morgan fingerprint density at radius 1 is 0.968 bits per heavy atom. The molecule has 160 valence electrons. The molecule has 4 rings (SSSR count).